The van der Waals surface area contributed by atoms with Gasteiger partial charge in [-0.1, -0.05) is 6.07 Å². The van der Waals surface area contributed by atoms with Crippen LogP contribution in [0.25, 0.3) is 0 Å². The number of nitrogens with zero attached hydrogens (tertiary/aromatic N) is 2. The monoisotopic (exact) mass is 357 g/mol. The predicted molar refractivity (Wildman–Crippen MR) is 98.0 cm³/mol. The van der Waals surface area contributed by atoms with E-state index in [2.05, 4.69) is 16.3 Å². The van der Waals surface area contributed by atoms with Crippen LogP contribution in [0.5, 0.6) is 11.5 Å². The van der Waals surface area contributed by atoms with Gasteiger partial charge in [-0.3, -0.25) is 9.69 Å². The van der Waals surface area contributed by atoms with Crippen molar-refractivity contribution in [3.8, 4) is 17.6 Å². The smallest absolute Gasteiger partial charge is 0.235 e. The highest BCUT2D eigenvalue weighted by molar-refractivity contribution is 5.79. The van der Waals surface area contributed by atoms with E-state index in [-0.39, 0.29) is 17.9 Å². The summed E-state index contributed by atoms with van der Waals surface area (Å²) in [6.45, 7) is 2.99. The zero-order valence-corrected chi connectivity index (χ0v) is 15.7. The number of rotatable bonds is 7. The number of carbonyl (C=O) groups excluding carboxylic acids is 1. The van der Waals surface area contributed by atoms with Gasteiger partial charge >= 0.3 is 0 Å². The van der Waals surface area contributed by atoms with E-state index in [9.17, 15) is 10.1 Å². The zero-order chi connectivity index (χ0) is 18.7. The molecule has 1 aliphatic heterocycles. The van der Waals surface area contributed by atoms with Crippen LogP contribution in [-0.4, -0.2) is 43.7 Å². The fraction of sp³-hybridized carbons (Fsp3) is 0.600. The summed E-state index contributed by atoms with van der Waals surface area (Å²) in [5.41, 5.74) is 0.327. The third-order valence-electron chi connectivity index (χ3n) is 5.54. The fourth-order valence-corrected chi connectivity index (χ4v) is 3.86. The number of hydrogen-bond acceptors (Lipinski definition) is 5. The van der Waals surface area contributed by atoms with Crippen LogP contribution in [0.4, 0.5) is 0 Å². The molecule has 2 atom stereocenters. The molecule has 1 aromatic carbocycles. The molecule has 1 amide bonds. The van der Waals surface area contributed by atoms with Crippen LogP contribution in [-0.2, 0) is 4.79 Å². The minimum atomic E-state index is -0.746. The van der Waals surface area contributed by atoms with E-state index in [4.69, 9.17) is 9.47 Å². The van der Waals surface area contributed by atoms with Crippen molar-refractivity contribution in [3.63, 3.8) is 0 Å². The highest BCUT2D eigenvalue weighted by Gasteiger charge is 2.43. The van der Waals surface area contributed by atoms with E-state index >= 15 is 0 Å². The summed E-state index contributed by atoms with van der Waals surface area (Å²) >= 11 is 0. The number of benzene rings is 1. The second kappa shape index (κ2) is 7.55. The molecule has 0 aromatic heterocycles. The van der Waals surface area contributed by atoms with Crippen LogP contribution >= 0.6 is 0 Å². The third kappa shape index (κ3) is 3.78. The molecule has 2 fully saturated rings. The molecular weight excluding hydrogens is 330 g/mol. The van der Waals surface area contributed by atoms with Gasteiger partial charge < -0.3 is 14.8 Å². The maximum absolute atomic E-state index is 12.6. The van der Waals surface area contributed by atoms with E-state index < -0.39 is 5.54 Å². The first kappa shape index (κ1) is 18.5. The van der Waals surface area contributed by atoms with E-state index in [1.165, 1.54) is 0 Å². The Labute approximate surface area is 155 Å². The Morgan fingerprint density at radius 2 is 2.12 bits per heavy atom. The van der Waals surface area contributed by atoms with Crippen LogP contribution in [0, 0.1) is 17.2 Å². The molecule has 0 spiro atoms. The van der Waals surface area contributed by atoms with Gasteiger partial charge in [-0.25, -0.2) is 0 Å². The number of carbonyl (C=O) groups is 1. The lowest BCUT2D eigenvalue weighted by Crippen LogP contribution is -2.50. The number of nitrogens with one attached hydrogen (secondary N) is 1. The van der Waals surface area contributed by atoms with Crippen LogP contribution < -0.4 is 14.8 Å². The zero-order valence-electron chi connectivity index (χ0n) is 15.7. The molecule has 140 valence electrons. The Morgan fingerprint density at radius 3 is 2.73 bits per heavy atom. The molecular formula is C20H27N3O3. The molecule has 6 nitrogen and oxygen atoms in total. The fourth-order valence-electron chi connectivity index (χ4n) is 3.86. The van der Waals surface area contributed by atoms with Crippen molar-refractivity contribution in [3.05, 3.63) is 23.8 Å². The lowest BCUT2D eigenvalue weighted by Gasteiger charge is -2.28. The molecule has 2 unspecified atom stereocenters. The minimum Gasteiger partial charge on any atom is -0.497 e. The average Bonchev–Trinajstić information content (AvgIpc) is 3.42. The summed E-state index contributed by atoms with van der Waals surface area (Å²) < 4.78 is 10.8. The van der Waals surface area contributed by atoms with Crippen LogP contribution in [0.3, 0.4) is 0 Å². The third-order valence-corrected chi connectivity index (χ3v) is 5.54. The normalized spacial score (nSPS) is 22.3. The Kier molecular flexibility index (Phi) is 5.38. The highest BCUT2D eigenvalue weighted by Crippen LogP contribution is 2.40. The SMILES string of the molecule is COc1ccc(C2CCCN2CC(=O)NC(C)(C#N)C2CC2)c(OC)c1. The van der Waals surface area contributed by atoms with Gasteiger partial charge in [0, 0.05) is 17.7 Å². The maximum atomic E-state index is 12.6. The molecule has 1 aromatic rings. The van der Waals surface area contributed by atoms with Gasteiger partial charge in [-0.05, 0) is 51.1 Å². The average molecular weight is 357 g/mol. The van der Waals surface area contributed by atoms with E-state index in [0.29, 0.717) is 6.54 Å². The first-order valence-corrected chi connectivity index (χ1v) is 9.19. The van der Waals surface area contributed by atoms with Crippen LogP contribution in [0.2, 0.25) is 0 Å². The molecule has 1 N–H and O–H groups in total. The Morgan fingerprint density at radius 1 is 1.35 bits per heavy atom. The topological polar surface area (TPSA) is 74.6 Å². The summed E-state index contributed by atoms with van der Waals surface area (Å²) in [6, 6.07) is 8.24. The number of likely N-dealkylation sites (tertiary alicyclic amines) is 1. The summed E-state index contributed by atoms with van der Waals surface area (Å²) in [4.78, 5) is 14.8. The van der Waals surface area contributed by atoms with Gasteiger partial charge in [-0.2, -0.15) is 5.26 Å². The van der Waals surface area contributed by atoms with Crippen molar-refractivity contribution in [1.82, 2.24) is 10.2 Å². The van der Waals surface area contributed by atoms with Gasteiger partial charge in [0.1, 0.15) is 17.0 Å². The standard InChI is InChI=1S/C20H27N3O3/c1-20(13-21,14-6-7-14)22-19(24)12-23-10-4-5-17(23)16-9-8-15(25-2)11-18(16)26-3/h8-9,11,14,17H,4-7,10,12H2,1-3H3,(H,22,24). The molecule has 26 heavy (non-hydrogen) atoms. The molecule has 1 saturated carbocycles. The van der Waals surface area contributed by atoms with Crippen LogP contribution in [0.1, 0.15) is 44.2 Å². The van der Waals surface area contributed by atoms with Crippen molar-refractivity contribution in [2.24, 2.45) is 5.92 Å². The van der Waals surface area contributed by atoms with E-state index in [1.807, 2.05) is 25.1 Å². The lowest BCUT2D eigenvalue weighted by atomic mass is 9.98. The van der Waals surface area contributed by atoms with Crippen molar-refractivity contribution in [2.45, 2.75) is 44.2 Å². The quantitative estimate of drug-likeness (QED) is 0.812. The molecule has 3 rings (SSSR count). The summed E-state index contributed by atoms with van der Waals surface area (Å²) in [5.74, 6) is 1.73. The number of methoxy groups -OCH3 is 2. The van der Waals surface area contributed by atoms with Gasteiger partial charge in [-0.15, -0.1) is 0 Å². The van der Waals surface area contributed by atoms with Gasteiger partial charge in [0.15, 0.2) is 0 Å². The minimum absolute atomic E-state index is 0.0830. The summed E-state index contributed by atoms with van der Waals surface area (Å²) in [5, 5.41) is 12.4. The first-order chi connectivity index (χ1) is 12.5. The van der Waals surface area contributed by atoms with Crippen molar-refractivity contribution >= 4 is 5.91 Å². The molecule has 1 saturated heterocycles. The molecule has 2 aliphatic rings. The van der Waals surface area contributed by atoms with E-state index in [1.54, 1.807) is 14.2 Å². The molecule has 0 bridgehead atoms. The molecule has 1 aliphatic carbocycles. The summed E-state index contributed by atoms with van der Waals surface area (Å²) in [6.07, 6.45) is 4.04. The van der Waals surface area contributed by atoms with Crippen molar-refractivity contribution in [2.75, 3.05) is 27.3 Å². The van der Waals surface area contributed by atoms with Gasteiger partial charge in [0.25, 0.3) is 0 Å². The Hall–Kier alpha value is -2.26. The van der Waals surface area contributed by atoms with Gasteiger partial charge in [0.05, 0.1) is 26.8 Å². The Bertz CT molecular complexity index is 711. The predicted octanol–water partition coefficient (Wildman–Crippen LogP) is 2.65. The van der Waals surface area contributed by atoms with Gasteiger partial charge in [0.2, 0.25) is 5.91 Å². The van der Waals surface area contributed by atoms with Crippen molar-refractivity contribution in [1.29, 1.82) is 5.26 Å². The summed E-state index contributed by atoms with van der Waals surface area (Å²) in [7, 11) is 3.28. The number of hydrogen-bond donors (Lipinski definition) is 1. The largest absolute Gasteiger partial charge is 0.497 e. The van der Waals surface area contributed by atoms with Crippen molar-refractivity contribution < 1.29 is 14.3 Å². The number of nitriles is 1. The maximum Gasteiger partial charge on any atom is 0.235 e. The number of ether oxygens (including phenoxy) is 2. The highest BCUT2D eigenvalue weighted by atomic mass is 16.5. The first-order valence-electron chi connectivity index (χ1n) is 9.19. The second-order valence-corrected chi connectivity index (χ2v) is 7.37. The Balaban J connectivity index is 1.70. The molecule has 1 heterocycles. The van der Waals surface area contributed by atoms with E-state index in [0.717, 1.165) is 49.3 Å². The number of amides is 1. The molecule has 0 radical (unpaired) electrons. The molecule has 6 heteroatoms. The second-order valence-electron chi connectivity index (χ2n) is 7.37. The van der Waals surface area contributed by atoms with Crippen LogP contribution in [0.15, 0.2) is 18.2 Å². The lowest BCUT2D eigenvalue weighted by molar-refractivity contribution is -0.123.